The maximum Gasteiger partial charge on any atom is 0.241 e. The highest BCUT2D eigenvalue weighted by molar-refractivity contribution is 5.94. The quantitative estimate of drug-likeness (QED) is 0.808. The first-order valence-electron chi connectivity index (χ1n) is 4.95. The molecule has 3 nitrogen and oxygen atoms in total. The Morgan fingerprint density at radius 2 is 2.07 bits per heavy atom. The monoisotopic (exact) mass is 226 g/mol. The number of nitrogens with one attached hydrogen (secondary N) is 2. The van der Waals surface area contributed by atoms with Gasteiger partial charge in [0.25, 0.3) is 0 Å². The number of rotatable bonds is 2. The molecule has 1 amide bonds. The molecule has 1 saturated heterocycles. The number of anilines is 1. The molecule has 0 spiro atoms. The molecule has 1 atom stereocenters. The minimum absolute atomic E-state index is 0. The van der Waals surface area contributed by atoms with Gasteiger partial charge in [0.1, 0.15) is 0 Å². The number of hydrogen-bond donors (Lipinski definition) is 2. The molecule has 1 fully saturated rings. The Hall–Kier alpha value is -1.06. The van der Waals surface area contributed by atoms with Crippen molar-refractivity contribution in [1.29, 1.82) is 0 Å². The van der Waals surface area contributed by atoms with E-state index in [2.05, 4.69) is 10.6 Å². The zero-order chi connectivity index (χ0) is 9.80. The van der Waals surface area contributed by atoms with Gasteiger partial charge >= 0.3 is 0 Å². The Balaban J connectivity index is 0.00000112. The van der Waals surface area contributed by atoms with E-state index in [4.69, 9.17) is 0 Å². The molecular weight excluding hydrogens is 212 g/mol. The smallest absolute Gasteiger partial charge is 0.241 e. The van der Waals surface area contributed by atoms with Crippen LogP contribution in [0.25, 0.3) is 0 Å². The highest BCUT2D eigenvalue weighted by Gasteiger charge is 2.21. The summed E-state index contributed by atoms with van der Waals surface area (Å²) in [7, 11) is 0. The summed E-state index contributed by atoms with van der Waals surface area (Å²) in [4.78, 5) is 11.6. The molecule has 0 radical (unpaired) electrons. The third kappa shape index (κ3) is 3.22. The summed E-state index contributed by atoms with van der Waals surface area (Å²) in [6, 6.07) is 9.55. The summed E-state index contributed by atoms with van der Waals surface area (Å²) >= 11 is 0. The third-order valence-electron chi connectivity index (χ3n) is 2.42. The summed E-state index contributed by atoms with van der Waals surface area (Å²) in [6.07, 6.45) is 2.03. The normalized spacial score (nSPS) is 19.3. The van der Waals surface area contributed by atoms with Crippen LogP contribution in [0.15, 0.2) is 30.3 Å². The van der Waals surface area contributed by atoms with Gasteiger partial charge in [-0.1, -0.05) is 18.2 Å². The fourth-order valence-electron chi connectivity index (χ4n) is 1.66. The van der Waals surface area contributed by atoms with E-state index >= 15 is 0 Å². The van der Waals surface area contributed by atoms with Crippen LogP contribution in [0.5, 0.6) is 0 Å². The van der Waals surface area contributed by atoms with Crippen molar-refractivity contribution in [3.05, 3.63) is 30.3 Å². The van der Waals surface area contributed by atoms with E-state index < -0.39 is 0 Å². The topological polar surface area (TPSA) is 41.1 Å². The van der Waals surface area contributed by atoms with E-state index in [1.165, 1.54) is 0 Å². The fraction of sp³-hybridized carbons (Fsp3) is 0.364. The Morgan fingerprint density at radius 3 is 2.67 bits per heavy atom. The summed E-state index contributed by atoms with van der Waals surface area (Å²) in [5.41, 5.74) is 0.867. The van der Waals surface area contributed by atoms with Crippen molar-refractivity contribution >= 4 is 24.0 Å². The summed E-state index contributed by atoms with van der Waals surface area (Å²) in [5, 5.41) is 6.05. The molecule has 4 heteroatoms. The lowest BCUT2D eigenvalue weighted by Gasteiger charge is -2.10. The number of halogens is 1. The van der Waals surface area contributed by atoms with Crippen molar-refractivity contribution in [3.63, 3.8) is 0 Å². The minimum Gasteiger partial charge on any atom is -0.325 e. The molecule has 1 heterocycles. The maximum atomic E-state index is 11.6. The first kappa shape index (κ1) is 12.0. The van der Waals surface area contributed by atoms with Crippen LogP contribution in [0.4, 0.5) is 5.69 Å². The molecule has 0 bridgehead atoms. The standard InChI is InChI=1S/C11H14N2O.ClH/c14-11(10-7-4-8-12-10)13-9-5-2-1-3-6-9;/h1-3,5-6,10,12H,4,7-8H2,(H,13,14);1H/t10-;/m1./s1. The SMILES string of the molecule is Cl.O=C(Nc1ccccc1)[C@H]1CCCN1. The lowest BCUT2D eigenvalue weighted by Crippen LogP contribution is -2.35. The Morgan fingerprint density at radius 1 is 1.33 bits per heavy atom. The van der Waals surface area contributed by atoms with E-state index in [9.17, 15) is 4.79 Å². The average molecular weight is 227 g/mol. The van der Waals surface area contributed by atoms with E-state index in [0.717, 1.165) is 25.1 Å². The van der Waals surface area contributed by atoms with Gasteiger partial charge in [0, 0.05) is 5.69 Å². The number of carbonyl (C=O) groups excluding carboxylic acids is 1. The van der Waals surface area contributed by atoms with Gasteiger partial charge in [0.2, 0.25) is 5.91 Å². The highest BCUT2D eigenvalue weighted by atomic mass is 35.5. The second-order valence-corrected chi connectivity index (χ2v) is 3.50. The number of para-hydroxylation sites is 1. The summed E-state index contributed by atoms with van der Waals surface area (Å²) in [5.74, 6) is 0.0775. The third-order valence-corrected chi connectivity index (χ3v) is 2.42. The fourth-order valence-corrected chi connectivity index (χ4v) is 1.66. The largest absolute Gasteiger partial charge is 0.325 e. The second kappa shape index (κ2) is 5.73. The van der Waals surface area contributed by atoms with Crippen LogP contribution in [0, 0.1) is 0 Å². The Bertz CT molecular complexity index is 310. The van der Waals surface area contributed by atoms with Crippen LogP contribution in [-0.2, 0) is 4.79 Å². The van der Waals surface area contributed by atoms with E-state index in [1.54, 1.807) is 0 Å². The van der Waals surface area contributed by atoms with Crippen molar-refractivity contribution in [1.82, 2.24) is 5.32 Å². The molecule has 2 N–H and O–H groups in total. The van der Waals surface area contributed by atoms with E-state index in [1.807, 2.05) is 30.3 Å². The van der Waals surface area contributed by atoms with Gasteiger partial charge in [-0.05, 0) is 31.5 Å². The molecule has 0 unspecified atom stereocenters. The van der Waals surface area contributed by atoms with Crippen LogP contribution in [0.2, 0.25) is 0 Å². The number of carbonyl (C=O) groups is 1. The van der Waals surface area contributed by atoms with Gasteiger partial charge in [0.15, 0.2) is 0 Å². The molecule has 1 aromatic carbocycles. The van der Waals surface area contributed by atoms with Crippen molar-refractivity contribution in [2.75, 3.05) is 11.9 Å². The number of amides is 1. The summed E-state index contributed by atoms with van der Waals surface area (Å²) < 4.78 is 0. The Labute approximate surface area is 95.7 Å². The van der Waals surface area contributed by atoms with Crippen LogP contribution in [0.3, 0.4) is 0 Å². The first-order chi connectivity index (χ1) is 6.86. The molecule has 15 heavy (non-hydrogen) atoms. The van der Waals surface area contributed by atoms with E-state index in [-0.39, 0.29) is 24.4 Å². The minimum atomic E-state index is -0.00444. The second-order valence-electron chi connectivity index (χ2n) is 3.50. The number of hydrogen-bond acceptors (Lipinski definition) is 2. The predicted octanol–water partition coefficient (Wildman–Crippen LogP) is 1.80. The lowest BCUT2D eigenvalue weighted by atomic mass is 10.2. The van der Waals surface area contributed by atoms with Crippen molar-refractivity contribution in [2.24, 2.45) is 0 Å². The van der Waals surface area contributed by atoms with Crippen LogP contribution < -0.4 is 10.6 Å². The molecule has 0 saturated carbocycles. The highest BCUT2D eigenvalue weighted by Crippen LogP contribution is 2.10. The average Bonchev–Trinajstić information content (AvgIpc) is 2.72. The molecule has 1 aromatic rings. The van der Waals surface area contributed by atoms with Crippen molar-refractivity contribution < 1.29 is 4.79 Å². The van der Waals surface area contributed by atoms with Gasteiger partial charge in [-0.2, -0.15) is 0 Å². The maximum absolute atomic E-state index is 11.6. The molecule has 0 aromatic heterocycles. The summed E-state index contributed by atoms with van der Waals surface area (Å²) in [6.45, 7) is 0.951. The Kier molecular flexibility index (Phi) is 4.59. The van der Waals surface area contributed by atoms with Crippen LogP contribution in [-0.4, -0.2) is 18.5 Å². The zero-order valence-corrected chi connectivity index (χ0v) is 9.22. The van der Waals surface area contributed by atoms with Gasteiger partial charge in [0.05, 0.1) is 6.04 Å². The van der Waals surface area contributed by atoms with Crippen molar-refractivity contribution in [2.45, 2.75) is 18.9 Å². The molecule has 1 aliphatic heterocycles. The molecule has 2 rings (SSSR count). The molecule has 0 aliphatic carbocycles. The number of benzene rings is 1. The van der Waals surface area contributed by atoms with Gasteiger partial charge < -0.3 is 10.6 Å². The molecule has 1 aliphatic rings. The zero-order valence-electron chi connectivity index (χ0n) is 8.40. The van der Waals surface area contributed by atoms with Gasteiger partial charge in [-0.3, -0.25) is 4.79 Å². The predicted molar refractivity (Wildman–Crippen MR) is 63.3 cm³/mol. The first-order valence-corrected chi connectivity index (χ1v) is 4.95. The van der Waals surface area contributed by atoms with Gasteiger partial charge in [-0.15, -0.1) is 12.4 Å². The molecule has 82 valence electrons. The lowest BCUT2D eigenvalue weighted by molar-refractivity contribution is -0.117. The molecular formula is C11H15ClN2O. The van der Waals surface area contributed by atoms with Crippen LogP contribution in [0.1, 0.15) is 12.8 Å². The van der Waals surface area contributed by atoms with E-state index in [0.29, 0.717) is 0 Å². The van der Waals surface area contributed by atoms with Gasteiger partial charge in [-0.25, -0.2) is 0 Å². The van der Waals surface area contributed by atoms with Crippen LogP contribution >= 0.6 is 12.4 Å². The van der Waals surface area contributed by atoms with Crippen molar-refractivity contribution in [3.8, 4) is 0 Å².